The van der Waals surface area contributed by atoms with Crippen LogP contribution in [-0.4, -0.2) is 50.0 Å². The van der Waals surface area contributed by atoms with Gasteiger partial charge in [-0.2, -0.15) is 0 Å². The molecule has 6 heteroatoms. The van der Waals surface area contributed by atoms with Crippen molar-refractivity contribution in [1.29, 1.82) is 0 Å². The number of rotatable bonds is 7. The number of furan rings is 1. The maximum atomic E-state index is 13.1. The molecule has 1 heterocycles. The Labute approximate surface area is 149 Å². The molecule has 2 aromatic rings. The molecular formula is C19H27FN4O. The first-order valence-electron chi connectivity index (χ1n) is 8.45. The van der Waals surface area contributed by atoms with Crippen LogP contribution in [0.1, 0.15) is 24.3 Å². The van der Waals surface area contributed by atoms with Crippen LogP contribution in [0.4, 0.5) is 4.39 Å². The van der Waals surface area contributed by atoms with Gasteiger partial charge < -0.3 is 14.6 Å². The van der Waals surface area contributed by atoms with Crippen molar-refractivity contribution in [3.8, 4) is 0 Å². The van der Waals surface area contributed by atoms with E-state index in [-0.39, 0.29) is 11.9 Å². The summed E-state index contributed by atoms with van der Waals surface area (Å²) in [4.78, 5) is 8.88. The van der Waals surface area contributed by atoms with E-state index in [0.717, 1.165) is 23.8 Å². The minimum Gasteiger partial charge on any atom is -0.468 e. The van der Waals surface area contributed by atoms with Gasteiger partial charge in [0, 0.05) is 20.1 Å². The van der Waals surface area contributed by atoms with Crippen LogP contribution in [0.3, 0.4) is 0 Å². The highest BCUT2D eigenvalue weighted by molar-refractivity contribution is 5.79. The highest BCUT2D eigenvalue weighted by Gasteiger charge is 2.17. The first kappa shape index (κ1) is 19.0. The van der Waals surface area contributed by atoms with Crippen molar-refractivity contribution in [2.24, 2.45) is 4.99 Å². The summed E-state index contributed by atoms with van der Waals surface area (Å²) in [6, 6.07) is 10.5. The fourth-order valence-electron chi connectivity index (χ4n) is 2.57. The van der Waals surface area contributed by atoms with E-state index in [1.54, 1.807) is 18.4 Å². The highest BCUT2D eigenvalue weighted by Crippen LogP contribution is 2.19. The predicted molar refractivity (Wildman–Crippen MR) is 99.0 cm³/mol. The minimum absolute atomic E-state index is 0.0721. The Balaban J connectivity index is 2.09. The molecule has 0 amide bonds. The number of nitrogens with one attached hydrogen (secondary N) is 1. The van der Waals surface area contributed by atoms with Gasteiger partial charge in [0.05, 0.1) is 18.8 Å². The molecule has 0 spiro atoms. The molecular weight excluding hydrogens is 319 g/mol. The molecule has 5 nitrogen and oxygen atoms in total. The van der Waals surface area contributed by atoms with Gasteiger partial charge in [0.1, 0.15) is 11.6 Å². The Kier molecular flexibility index (Phi) is 7.01. The molecule has 0 aliphatic heterocycles. The number of guanidine groups is 1. The normalized spacial score (nSPS) is 13.1. The van der Waals surface area contributed by atoms with Gasteiger partial charge in [-0.05, 0) is 50.8 Å². The van der Waals surface area contributed by atoms with Crippen LogP contribution in [0, 0.1) is 5.82 Å². The Hall–Kier alpha value is -2.34. The molecule has 0 saturated carbocycles. The van der Waals surface area contributed by atoms with E-state index in [4.69, 9.17) is 9.41 Å². The van der Waals surface area contributed by atoms with Crippen LogP contribution in [-0.2, 0) is 6.54 Å². The van der Waals surface area contributed by atoms with E-state index in [0.29, 0.717) is 13.1 Å². The first-order valence-corrected chi connectivity index (χ1v) is 8.45. The molecule has 0 bridgehead atoms. The van der Waals surface area contributed by atoms with E-state index >= 15 is 0 Å². The van der Waals surface area contributed by atoms with Crippen molar-refractivity contribution in [3.05, 3.63) is 59.8 Å². The quantitative estimate of drug-likeness (QED) is 0.618. The largest absolute Gasteiger partial charge is 0.468 e. The van der Waals surface area contributed by atoms with E-state index in [9.17, 15) is 4.39 Å². The van der Waals surface area contributed by atoms with E-state index < -0.39 is 0 Å². The molecule has 0 aliphatic carbocycles. The summed E-state index contributed by atoms with van der Waals surface area (Å²) in [6.45, 7) is 4.05. The lowest BCUT2D eigenvalue weighted by molar-refractivity contribution is 0.264. The molecule has 0 radical (unpaired) electrons. The maximum Gasteiger partial charge on any atom is 0.194 e. The van der Waals surface area contributed by atoms with Crippen LogP contribution < -0.4 is 5.32 Å². The third-order valence-corrected chi connectivity index (χ3v) is 3.94. The number of benzene rings is 1. The summed E-state index contributed by atoms with van der Waals surface area (Å²) in [5.74, 6) is 1.48. The Bertz CT molecular complexity index is 653. The molecule has 1 unspecified atom stereocenters. The zero-order chi connectivity index (χ0) is 18.2. The summed E-state index contributed by atoms with van der Waals surface area (Å²) >= 11 is 0. The van der Waals surface area contributed by atoms with Gasteiger partial charge in [0.2, 0.25) is 0 Å². The zero-order valence-electron chi connectivity index (χ0n) is 15.4. The summed E-state index contributed by atoms with van der Waals surface area (Å²) in [7, 11) is 6.00. The fraction of sp³-hybridized carbons (Fsp3) is 0.421. The molecule has 1 aromatic heterocycles. The summed E-state index contributed by atoms with van der Waals surface area (Å²) < 4.78 is 18.6. The second kappa shape index (κ2) is 9.22. The van der Waals surface area contributed by atoms with Crippen molar-refractivity contribution in [1.82, 2.24) is 15.1 Å². The second-order valence-electron chi connectivity index (χ2n) is 6.17. The monoisotopic (exact) mass is 346 g/mol. The van der Waals surface area contributed by atoms with Crippen molar-refractivity contribution in [2.45, 2.75) is 19.5 Å². The molecule has 0 saturated heterocycles. The van der Waals surface area contributed by atoms with Crippen molar-refractivity contribution < 1.29 is 8.81 Å². The molecule has 1 atom stereocenters. The number of likely N-dealkylation sites (N-methyl/N-ethyl adjacent to an activating group) is 1. The molecule has 0 aliphatic rings. The standard InChI is InChI=1S/C19H27FN4O/c1-5-21-19(24(4)14-15-8-10-16(20)11-9-15)22-13-17(23(2)3)18-7-6-12-25-18/h6-12,17H,5,13-14H2,1-4H3,(H,21,22). The maximum absolute atomic E-state index is 13.1. The summed E-state index contributed by atoms with van der Waals surface area (Å²) in [5.41, 5.74) is 1.03. The molecule has 0 fully saturated rings. The number of aliphatic imine (C=N–C) groups is 1. The van der Waals surface area contributed by atoms with Gasteiger partial charge in [-0.15, -0.1) is 0 Å². The van der Waals surface area contributed by atoms with Gasteiger partial charge in [-0.1, -0.05) is 12.1 Å². The minimum atomic E-state index is -0.223. The third-order valence-electron chi connectivity index (χ3n) is 3.94. The number of halogens is 1. The van der Waals surface area contributed by atoms with E-state index in [1.165, 1.54) is 12.1 Å². The van der Waals surface area contributed by atoms with Crippen LogP contribution in [0.25, 0.3) is 0 Å². The van der Waals surface area contributed by atoms with Crippen molar-refractivity contribution >= 4 is 5.96 Å². The van der Waals surface area contributed by atoms with Crippen LogP contribution in [0.5, 0.6) is 0 Å². The smallest absolute Gasteiger partial charge is 0.194 e. The zero-order valence-corrected chi connectivity index (χ0v) is 15.4. The summed E-state index contributed by atoms with van der Waals surface area (Å²) in [6.07, 6.45) is 1.68. The predicted octanol–water partition coefficient (Wildman–Crippen LogP) is 3.12. The van der Waals surface area contributed by atoms with E-state index in [1.807, 2.05) is 45.1 Å². The molecule has 136 valence electrons. The fourth-order valence-corrected chi connectivity index (χ4v) is 2.57. The van der Waals surface area contributed by atoms with E-state index in [2.05, 4.69) is 10.2 Å². The van der Waals surface area contributed by atoms with Gasteiger partial charge in [-0.25, -0.2) is 4.39 Å². The highest BCUT2D eigenvalue weighted by atomic mass is 19.1. The Morgan fingerprint density at radius 3 is 2.48 bits per heavy atom. The topological polar surface area (TPSA) is 44.0 Å². The first-order chi connectivity index (χ1) is 12.0. The number of hydrogen-bond acceptors (Lipinski definition) is 3. The average Bonchev–Trinajstić information content (AvgIpc) is 3.10. The van der Waals surface area contributed by atoms with Crippen LogP contribution in [0.15, 0.2) is 52.1 Å². The van der Waals surface area contributed by atoms with Crippen LogP contribution in [0.2, 0.25) is 0 Å². The number of nitrogens with zero attached hydrogens (tertiary/aromatic N) is 3. The Morgan fingerprint density at radius 1 is 1.20 bits per heavy atom. The van der Waals surface area contributed by atoms with Crippen LogP contribution >= 0.6 is 0 Å². The van der Waals surface area contributed by atoms with Gasteiger partial charge in [0.15, 0.2) is 5.96 Å². The average molecular weight is 346 g/mol. The lowest BCUT2D eigenvalue weighted by atomic mass is 10.2. The Morgan fingerprint density at radius 2 is 1.92 bits per heavy atom. The van der Waals surface area contributed by atoms with Crippen molar-refractivity contribution in [3.63, 3.8) is 0 Å². The van der Waals surface area contributed by atoms with Crippen molar-refractivity contribution in [2.75, 3.05) is 34.2 Å². The van der Waals surface area contributed by atoms with Gasteiger partial charge >= 0.3 is 0 Å². The van der Waals surface area contributed by atoms with Gasteiger partial charge in [0.25, 0.3) is 0 Å². The number of hydrogen-bond donors (Lipinski definition) is 1. The molecule has 2 rings (SSSR count). The lowest BCUT2D eigenvalue weighted by Crippen LogP contribution is -2.39. The molecule has 25 heavy (non-hydrogen) atoms. The summed E-state index contributed by atoms with van der Waals surface area (Å²) in [5, 5.41) is 3.31. The van der Waals surface area contributed by atoms with Gasteiger partial charge in [-0.3, -0.25) is 9.89 Å². The molecule has 1 N–H and O–H groups in total. The molecule has 1 aromatic carbocycles. The lowest BCUT2D eigenvalue weighted by Gasteiger charge is -2.25. The SMILES string of the molecule is CCNC(=NCC(c1ccco1)N(C)C)N(C)Cc1ccc(F)cc1. The third kappa shape index (κ3) is 5.60. The second-order valence-corrected chi connectivity index (χ2v) is 6.17.